The van der Waals surface area contributed by atoms with E-state index in [1.54, 1.807) is 35.7 Å². The van der Waals surface area contributed by atoms with E-state index in [1.807, 2.05) is 25.2 Å². The lowest BCUT2D eigenvalue weighted by atomic mass is 10.1. The summed E-state index contributed by atoms with van der Waals surface area (Å²) in [5, 5.41) is 18.7. The standard InChI is InChI=1S/C23H19F3N6O/c1-31-12-21(28-13-31)22(33)30-20-10-27-19-7-2-14(8-18(19)20)15-9-29-32(11-15)17-5-3-16(4-6-17)23(24,25)26/h2-13,22,27,30,33H,1H3. The molecule has 0 radical (unpaired) electrons. The molecule has 0 fully saturated rings. The van der Waals surface area contributed by atoms with Gasteiger partial charge >= 0.3 is 6.18 Å². The van der Waals surface area contributed by atoms with Crippen molar-refractivity contribution < 1.29 is 18.3 Å². The lowest BCUT2D eigenvalue weighted by Crippen LogP contribution is -2.09. The number of hydrogen-bond acceptors (Lipinski definition) is 4. The smallest absolute Gasteiger partial charge is 0.368 e. The summed E-state index contributed by atoms with van der Waals surface area (Å²) in [6.45, 7) is 0. The molecule has 0 aliphatic carbocycles. The van der Waals surface area contributed by atoms with Crippen LogP contribution in [-0.2, 0) is 13.2 Å². The number of anilines is 1. The number of fused-ring (bicyclic) bond motifs is 1. The summed E-state index contributed by atoms with van der Waals surface area (Å²) in [6, 6.07) is 10.6. The van der Waals surface area contributed by atoms with Crippen LogP contribution >= 0.6 is 0 Å². The summed E-state index contributed by atoms with van der Waals surface area (Å²) in [7, 11) is 1.83. The first-order valence-corrected chi connectivity index (χ1v) is 10.0. The van der Waals surface area contributed by atoms with Gasteiger partial charge in [0.1, 0.15) is 5.69 Å². The fourth-order valence-corrected chi connectivity index (χ4v) is 3.63. The summed E-state index contributed by atoms with van der Waals surface area (Å²) < 4.78 is 41.7. The summed E-state index contributed by atoms with van der Waals surface area (Å²) in [4.78, 5) is 7.32. The molecule has 168 valence electrons. The zero-order chi connectivity index (χ0) is 23.2. The largest absolute Gasteiger partial charge is 0.416 e. The van der Waals surface area contributed by atoms with Crippen LogP contribution in [0.1, 0.15) is 17.5 Å². The number of nitrogens with one attached hydrogen (secondary N) is 2. The van der Waals surface area contributed by atoms with Gasteiger partial charge in [-0.2, -0.15) is 18.3 Å². The predicted octanol–water partition coefficient (Wildman–Crippen LogP) is 4.88. The molecule has 3 N–H and O–H groups in total. The van der Waals surface area contributed by atoms with E-state index in [9.17, 15) is 18.3 Å². The lowest BCUT2D eigenvalue weighted by molar-refractivity contribution is -0.137. The van der Waals surface area contributed by atoms with Gasteiger partial charge in [0.25, 0.3) is 0 Å². The molecule has 3 aromatic heterocycles. The molecule has 0 spiro atoms. The van der Waals surface area contributed by atoms with Crippen LogP contribution in [0.5, 0.6) is 0 Å². The van der Waals surface area contributed by atoms with Gasteiger partial charge in [-0.15, -0.1) is 0 Å². The maximum absolute atomic E-state index is 12.8. The van der Waals surface area contributed by atoms with Crippen LogP contribution in [0.2, 0.25) is 0 Å². The van der Waals surface area contributed by atoms with Crippen LogP contribution in [0.25, 0.3) is 27.7 Å². The van der Waals surface area contributed by atoms with Crippen molar-refractivity contribution in [2.24, 2.45) is 7.05 Å². The van der Waals surface area contributed by atoms with E-state index in [1.165, 1.54) is 16.8 Å². The highest BCUT2D eigenvalue weighted by Crippen LogP contribution is 2.32. The van der Waals surface area contributed by atoms with Crippen molar-refractivity contribution in [3.8, 4) is 16.8 Å². The Kier molecular flexibility index (Phi) is 4.94. The Morgan fingerprint density at radius 2 is 1.85 bits per heavy atom. The van der Waals surface area contributed by atoms with Gasteiger partial charge in [0.05, 0.1) is 29.5 Å². The molecular weight excluding hydrogens is 433 g/mol. The first-order valence-electron chi connectivity index (χ1n) is 10.0. The molecule has 1 atom stereocenters. The number of halogens is 3. The minimum absolute atomic E-state index is 0.501. The number of aryl methyl sites for hydroxylation is 1. The van der Waals surface area contributed by atoms with Gasteiger partial charge in [-0.3, -0.25) is 0 Å². The molecule has 0 aliphatic rings. The summed E-state index contributed by atoms with van der Waals surface area (Å²) >= 11 is 0. The highest BCUT2D eigenvalue weighted by atomic mass is 19.4. The number of benzene rings is 2. The van der Waals surface area contributed by atoms with Crippen molar-refractivity contribution in [2.75, 3.05) is 5.32 Å². The highest BCUT2D eigenvalue weighted by Gasteiger charge is 2.30. The molecule has 1 unspecified atom stereocenters. The van der Waals surface area contributed by atoms with Gasteiger partial charge in [0.2, 0.25) is 0 Å². The normalized spacial score (nSPS) is 12.9. The van der Waals surface area contributed by atoms with E-state index in [0.29, 0.717) is 17.1 Å². The topological polar surface area (TPSA) is 83.7 Å². The van der Waals surface area contributed by atoms with Gasteiger partial charge in [-0.25, -0.2) is 9.67 Å². The van der Waals surface area contributed by atoms with E-state index in [4.69, 9.17) is 0 Å². The van der Waals surface area contributed by atoms with Crippen molar-refractivity contribution in [1.82, 2.24) is 24.3 Å². The van der Waals surface area contributed by atoms with E-state index in [-0.39, 0.29) is 0 Å². The maximum Gasteiger partial charge on any atom is 0.416 e. The van der Waals surface area contributed by atoms with E-state index in [0.717, 1.165) is 34.2 Å². The van der Waals surface area contributed by atoms with Gasteiger partial charge in [-0.1, -0.05) is 6.07 Å². The quantitative estimate of drug-likeness (QED) is 0.332. The SMILES string of the molecule is Cn1cnc(C(O)Nc2c[nH]c3ccc(-c4cnn(-c5ccc(C(F)(F)F)cc5)c4)cc23)c1. The van der Waals surface area contributed by atoms with Crippen molar-refractivity contribution >= 4 is 16.6 Å². The van der Waals surface area contributed by atoms with Crippen LogP contribution in [-0.4, -0.2) is 29.4 Å². The van der Waals surface area contributed by atoms with Gasteiger partial charge < -0.3 is 20.0 Å². The van der Waals surface area contributed by atoms with Gasteiger partial charge in [-0.05, 0) is 42.0 Å². The Labute approximate surface area is 186 Å². The van der Waals surface area contributed by atoms with Crippen LogP contribution in [0.4, 0.5) is 18.9 Å². The molecule has 0 amide bonds. The van der Waals surface area contributed by atoms with Crippen molar-refractivity contribution in [2.45, 2.75) is 12.4 Å². The second kappa shape index (κ2) is 7.82. The summed E-state index contributed by atoms with van der Waals surface area (Å²) in [5.41, 5.74) is 3.58. The molecule has 3 heterocycles. The predicted molar refractivity (Wildman–Crippen MR) is 118 cm³/mol. The number of imidazole rings is 1. The number of nitrogens with zero attached hydrogens (tertiary/aromatic N) is 4. The lowest BCUT2D eigenvalue weighted by Gasteiger charge is -2.11. The number of aliphatic hydroxyl groups is 1. The third-order valence-corrected chi connectivity index (χ3v) is 5.35. The number of H-pyrrole nitrogens is 1. The van der Waals surface area contributed by atoms with E-state index in [2.05, 4.69) is 20.4 Å². The third kappa shape index (κ3) is 4.08. The first-order chi connectivity index (χ1) is 15.8. The molecule has 2 aromatic carbocycles. The summed E-state index contributed by atoms with van der Waals surface area (Å²) in [5.74, 6) is 0. The van der Waals surface area contributed by atoms with Crippen LogP contribution in [0.15, 0.2) is 73.6 Å². The van der Waals surface area contributed by atoms with Gasteiger partial charge in [0.15, 0.2) is 6.23 Å². The highest BCUT2D eigenvalue weighted by molar-refractivity contribution is 5.95. The molecule has 0 aliphatic heterocycles. The average Bonchev–Trinajstić information content (AvgIpc) is 3.53. The van der Waals surface area contributed by atoms with Crippen LogP contribution in [0.3, 0.4) is 0 Å². The molecule has 0 saturated heterocycles. The Morgan fingerprint density at radius 3 is 2.55 bits per heavy atom. The number of aliphatic hydroxyl groups excluding tert-OH is 1. The molecule has 5 aromatic rings. The molecule has 7 nitrogen and oxygen atoms in total. The number of alkyl halides is 3. The molecule has 5 rings (SSSR count). The molecular formula is C23H19F3N6O. The van der Waals surface area contributed by atoms with Crippen molar-refractivity contribution in [3.05, 3.63) is 84.8 Å². The number of hydrogen-bond donors (Lipinski definition) is 3. The van der Waals surface area contributed by atoms with E-state index < -0.39 is 18.0 Å². The Balaban J connectivity index is 1.41. The van der Waals surface area contributed by atoms with Gasteiger partial charge in [0, 0.05) is 42.1 Å². The second-order valence-electron chi connectivity index (χ2n) is 7.69. The zero-order valence-electron chi connectivity index (χ0n) is 17.4. The maximum atomic E-state index is 12.8. The summed E-state index contributed by atoms with van der Waals surface area (Å²) in [6.07, 6.45) is 3.17. The Hall–Kier alpha value is -4.05. The Bertz CT molecular complexity index is 1410. The fourth-order valence-electron chi connectivity index (χ4n) is 3.63. The first kappa shape index (κ1) is 20.8. The number of aromatic amines is 1. The number of aromatic nitrogens is 5. The van der Waals surface area contributed by atoms with Crippen LogP contribution in [0, 0.1) is 0 Å². The van der Waals surface area contributed by atoms with Crippen molar-refractivity contribution in [3.63, 3.8) is 0 Å². The van der Waals surface area contributed by atoms with Crippen LogP contribution < -0.4 is 5.32 Å². The van der Waals surface area contributed by atoms with E-state index >= 15 is 0 Å². The second-order valence-corrected chi connectivity index (χ2v) is 7.69. The monoisotopic (exact) mass is 452 g/mol. The average molecular weight is 452 g/mol. The third-order valence-electron chi connectivity index (χ3n) is 5.35. The molecule has 33 heavy (non-hydrogen) atoms. The molecule has 0 bridgehead atoms. The molecule has 0 saturated carbocycles. The number of rotatable bonds is 5. The minimum Gasteiger partial charge on any atom is -0.368 e. The fraction of sp³-hybridized carbons (Fsp3) is 0.130. The molecule has 10 heteroatoms. The zero-order valence-corrected chi connectivity index (χ0v) is 17.4. The van der Waals surface area contributed by atoms with Crippen molar-refractivity contribution in [1.29, 1.82) is 0 Å². The minimum atomic E-state index is -4.38. The Morgan fingerprint density at radius 1 is 1.06 bits per heavy atom.